The van der Waals surface area contributed by atoms with Crippen LogP contribution in [-0.4, -0.2) is 11.3 Å². The van der Waals surface area contributed by atoms with Gasteiger partial charge in [-0.25, -0.2) is 0 Å². The predicted molar refractivity (Wildman–Crippen MR) is 48.6 cm³/mol. The van der Waals surface area contributed by atoms with Gasteiger partial charge in [0.2, 0.25) is 0 Å². The molecule has 0 aromatic carbocycles. The van der Waals surface area contributed by atoms with E-state index in [4.69, 9.17) is 5.73 Å². The van der Waals surface area contributed by atoms with Crippen LogP contribution in [0.15, 0.2) is 6.07 Å². The first-order chi connectivity index (χ1) is 8.04. The van der Waals surface area contributed by atoms with Crippen LogP contribution in [-0.2, 0) is 12.7 Å². The highest BCUT2D eigenvalue weighted by molar-refractivity contribution is 5.36. The number of ether oxygens (including phenoxy) is 1. The van der Waals surface area contributed by atoms with Gasteiger partial charge in [0, 0.05) is 6.54 Å². The Morgan fingerprint density at radius 3 is 2.17 bits per heavy atom. The maximum atomic E-state index is 12.5. The zero-order chi connectivity index (χ0) is 14.1. The topological polar surface area (TPSA) is 48.1 Å². The van der Waals surface area contributed by atoms with Crippen LogP contribution < -0.4 is 10.5 Å². The molecular weight excluding hydrogens is 266 g/mol. The molecule has 0 amide bonds. The van der Waals surface area contributed by atoms with Gasteiger partial charge in [0.05, 0.1) is 17.0 Å². The van der Waals surface area contributed by atoms with Gasteiger partial charge in [-0.1, -0.05) is 0 Å². The Morgan fingerprint density at radius 2 is 1.78 bits per heavy atom. The number of halogens is 6. The number of aryl methyl sites for hydroxylation is 1. The lowest BCUT2D eigenvalue weighted by Crippen LogP contribution is -2.20. The number of alkyl halides is 6. The monoisotopic (exact) mass is 274 g/mol. The van der Waals surface area contributed by atoms with Gasteiger partial charge < -0.3 is 10.5 Å². The van der Waals surface area contributed by atoms with E-state index in [1.165, 1.54) is 0 Å². The largest absolute Gasteiger partial charge is 0.573 e. The van der Waals surface area contributed by atoms with E-state index in [1.807, 2.05) is 0 Å². The number of hydrogen-bond acceptors (Lipinski definition) is 3. The van der Waals surface area contributed by atoms with Crippen LogP contribution in [0.4, 0.5) is 26.3 Å². The van der Waals surface area contributed by atoms with Crippen molar-refractivity contribution in [2.75, 3.05) is 0 Å². The second-order valence-electron chi connectivity index (χ2n) is 3.32. The molecule has 102 valence electrons. The highest BCUT2D eigenvalue weighted by Crippen LogP contribution is 2.36. The lowest BCUT2D eigenvalue weighted by atomic mass is 10.1. The molecule has 0 radical (unpaired) electrons. The van der Waals surface area contributed by atoms with E-state index in [2.05, 4.69) is 9.72 Å². The van der Waals surface area contributed by atoms with E-state index in [9.17, 15) is 26.3 Å². The maximum Gasteiger partial charge on any atom is 0.573 e. The number of pyridine rings is 1. The fraction of sp³-hybridized carbons (Fsp3) is 0.444. The molecule has 1 aromatic rings. The lowest BCUT2D eigenvalue weighted by molar-refractivity contribution is -0.275. The summed E-state index contributed by atoms with van der Waals surface area (Å²) in [6, 6.07) is 0.248. The predicted octanol–water partition coefficient (Wildman–Crippen LogP) is 2.77. The van der Waals surface area contributed by atoms with Gasteiger partial charge in [0.15, 0.2) is 5.75 Å². The van der Waals surface area contributed by atoms with Gasteiger partial charge in [-0.15, -0.1) is 13.2 Å². The third kappa shape index (κ3) is 3.49. The summed E-state index contributed by atoms with van der Waals surface area (Å²) in [5.41, 5.74) is 2.88. The van der Waals surface area contributed by atoms with Gasteiger partial charge >= 0.3 is 12.5 Å². The zero-order valence-electron chi connectivity index (χ0n) is 8.99. The maximum absolute atomic E-state index is 12.5. The quantitative estimate of drug-likeness (QED) is 0.843. The second-order valence-corrected chi connectivity index (χ2v) is 3.32. The van der Waals surface area contributed by atoms with Crippen molar-refractivity contribution >= 4 is 0 Å². The molecule has 0 spiro atoms. The Morgan fingerprint density at radius 1 is 1.22 bits per heavy atom. The van der Waals surface area contributed by atoms with E-state index in [0.29, 0.717) is 0 Å². The molecule has 0 aliphatic heterocycles. The van der Waals surface area contributed by atoms with Gasteiger partial charge in [0.1, 0.15) is 0 Å². The van der Waals surface area contributed by atoms with Crippen molar-refractivity contribution in [1.82, 2.24) is 4.98 Å². The van der Waals surface area contributed by atoms with Crippen LogP contribution in [0.25, 0.3) is 0 Å². The Kier molecular flexibility index (Phi) is 3.75. The van der Waals surface area contributed by atoms with Crippen LogP contribution >= 0.6 is 0 Å². The zero-order valence-corrected chi connectivity index (χ0v) is 8.99. The summed E-state index contributed by atoms with van der Waals surface area (Å²) in [5, 5.41) is 0. The number of nitrogens with two attached hydrogens (primary N) is 1. The highest BCUT2D eigenvalue weighted by atomic mass is 19.4. The van der Waals surface area contributed by atoms with Crippen molar-refractivity contribution in [3.8, 4) is 5.75 Å². The summed E-state index contributed by atoms with van der Waals surface area (Å²) >= 11 is 0. The molecule has 1 aromatic heterocycles. The Hall–Kier alpha value is -1.51. The van der Waals surface area contributed by atoms with Crippen LogP contribution in [0.1, 0.15) is 17.0 Å². The molecule has 3 nitrogen and oxygen atoms in total. The fourth-order valence-electron chi connectivity index (χ4n) is 1.27. The third-order valence-corrected chi connectivity index (χ3v) is 1.97. The Bertz CT molecular complexity index is 440. The highest BCUT2D eigenvalue weighted by Gasteiger charge is 2.37. The molecule has 1 rings (SSSR count). The van der Waals surface area contributed by atoms with Gasteiger partial charge in [-0.3, -0.25) is 4.98 Å². The third-order valence-electron chi connectivity index (χ3n) is 1.97. The molecule has 9 heteroatoms. The lowest BCUT2D eigenvalue weighted by Gasteiger charge is -2.16. The molecule has 0 atom stereocenters. The smallest absolute Gasteiger partial charge is 0.404 e. The van der Waals surface area contributed by atoms with Crippen LogP contribution in [0.2, 0.25) is 0 Å². The van der Waals surface area contributed by atoms with Crippen molar-refractivity contribution in [2.24, 2.45) is 5.73 Å². The summed E-state index contributed by atoms with van der Waals surface area (Å²) in [7, 11) is 0. The van der Waals surface area contributed by atoms with Gasteiger partial charge in [0.25, 0.3) is 0 Å². The number of nitrogens with zero attached hydrogens (tertiary/aromatic N) is 1. The van der Waals surface area contributed by atoms with Crippen molar-refractivity contribution < 1.29 is 31.1 Å². The Labute approximate surface area is 97.6 Å². The molecule has 0 fully saturated rings. The van der Waals surface area contributed by atoms with Crippen molar-refractivity contribution in [1.29, 1.82) is 0 Å². The molecular formula is C9H8F6N2O. The molecule has 0 saturated carbocycles. The average Bonchev–Trinajstić information content (AvgIpc) is 2.16. The Balaban J connectivity index is 3.31. The van der Waals surface area contributed by atoms with Crippen LogP contribution in [0.3, 0.4) is 0 Å². The number of rotatable bonds is 2. The van der Waals surface area contributed by atoms with Gasteiger partial charge in [-0.2, -0.15) is 13.2 Å². The second kappa shape index (κ2) is 4.63. The molecule has 1 heterocycles. The van der Waals surface area contributed by atoms with E-state index in [0.717, 1.165) is 6.92 Å². The minimum absolute atomic E-state index is 0.248. The molecule has 0 bridgehead atoms. The van der Waals surface area contributed by atoms with E-state index < -0.39 is 36.1 Å². The SMILES string of the molecule is Cc1nc(CN)c(C(F)(F)F)cc1OC(F)(F)F. The normalized spacial score (nSPS) is 12.7. The van der Waals surface area contributed by atoms with Crippen LogP contribution in [0.5, 0.6) is 5.75 Å². The molecule has 0 aliphatic rings. The van der Waals surface area contributed by atoms with Crippen molar-refractivity contribution in [3.63, 3.8) is 0 Å². The first-order valence-electron chi connectivity index (χ1n) is 4.58. The fourth-order valence-corrected chi connectivity index (χ4v) is 1.27. The molecule has 0 unspecified atom stereocenters. The summed E-state index contributed by atoms with van der Waals surface area (Å²) in [6.07, 6.45) is -9.93. The summed E-state index contributed by atoms with van der Waals surface area (Å²) in [5.74, 6) is -0.993. The van der Waals surface area contributed by atoms with Crippen molar-refractivity contribution in [2.45, 2.75) is 26.0 Å². The average molecular weight is 274 g/mol. The van der Waals surface area contributed by atoms with Gasteiger partial charge in [-0.05, 0) is 13.0 Å². The molecule has 0 saturated heterocycles. The standard InChI is InChI=1S/C9H8F6N2O/c1-4-7(18-9(13,14)15)2-5(8(10,11)12)6(3-16)17-4/h2H,3,16H2,1H3. The minimum atomic E-state index is -5.08. The van der Waals surface area contributed by atoms with Crippen LogP contribution in [0, 0.1) is 6.92 Å². The molecule has 2 N–H and O–H groups in total. The summed E-state index contributed by atoms with van der Waals surface area (Å²) in [6.45, 7) is 0.558. The summed E-state index contributed by atoms with van der Waals surface area (Å²) in [4.78, 5) is 3.37. The van der Waals surface area contributed by atoms with E-state index >= 15 is 0 Å². The van der Waals surface area contributed by atoms with E-state index in [-0.39, 0.29) is 11.8 Å². The summed E-state index contributed by atoms with van der Waals surface area (Å²) < 4.78 is 77.0. The first-order valence-corrected chi connectivity index (χ1v) is 4.58. The first kappa shape index (κ1) is 14.6. The number of hydrogen-bond donors (Lipinski definition) is 1. The molecule has 0 aliphatic carbocycles. The number of aromatic nitrogens is 1. The van der Waals surface area contributed by atoms with E-state index in [1.54, 1.807) is 0 Å². The molecule has 18 heavy (non-hydrogen) atoms. The minimum Gasteiger partial charge on any atom is -0.404 e. The van der Waals surface area contributed by atoms with Crippen molar-refractivity contribution in [3.05, 3.63) is 23.0 Å².